The maximum atomic E-state index is 13.2. The number of aryl methyl sites for hydroxylation is 1. The van der Waals surface area contributed by atoms with Gasteiger partial charge in [0.25, 0.3) is 11.5 Å². The summed E-state index contributed by atoms with van der Waals surface area (Å²) in [6.45, 7) is 2.17. The van der Waals surface area contributed by atoms with Gasteiger partial charge in [-0.05, 0) is 43.9 Å². The van der Waals surface area contributed by atoms with Crippen molar-refractivity contribution in [2.75, 3.05) is 4.90 Å². The lowest BCUT2D eigenvalue weighted by Gasteiger charge is -2.22. The molecule has 4 rings (SSSR count). The van der Waals surface area contributed by atoms with Gasteiger partial charge in [-0.3, -0.25) is 14.4 Å². The molecule has 1 saturated carbocycles. The maximum absolute atomic E-state index is 13.2. The number of hydrogen-bond acceptors (Lipinski definition) is 4. The van der Waals surface area contributed by atoms with Crippen LogP contribution in [0.1, 0.15) is 74.3 Å². The van der Waals surface area contributed by atoms with E-state index in [2.05, 4.69) is 10.4 Å². The maximum Gasteiger partial charge on any atom is 0.278 e. The van der Waals surface area contributed by atoms with Gasteiger partial charge in [-0.25, -0.2) is 4.68 Å². The highest BCUT2D eigenvalue weighted by Crippen LogP contribution is 2.32. The van der Waals surface area contributed by atoms with E-state index in [1.165, 1.54) is 36.1 Å². The summed E-state index contributed by atoms with van der Waals surface area (Å²) in [6, 6.07) is 10.9. The van der Waals surface area contributed by atoms with Gasteiger partial charge < -0.3 is 10.2 Å². The zero-order valence-electron chi connectivity index (χ0n) is 18.8. The number of carbonyl (C=O) groups is 2. The zero-order chi connectivity index (χ0) is 22.5. The number of fused-ring (bicyclic) bond motifs is 1. The van der Waals surface area contributed by atoms with Crippen LogP contribution in [0.4, 0.5) is 5.69 Å². The smallest absolute Gasteiger partial charge is 0.278 e. The third-order valence-corrected chi connectivity index (χ3v) is 6.53. The quantitative estimate of drug-likeness (QED) is 0.778. The number of benzene rings is 1. The van der Waals surface area contributed by atoms with E-state index in [0.717, 1.165) is 43.4 Å². The molecule has 1 fully saturated rings. The molecule has 1 N–H and O–H groups in total. The molecule has 32 heavy (non-hydrogen) atoms. The summed E-state index contributed by atoms with van der Waals surface area (Å²) >= 11 is 0. The average molecular weight is 437 g/mol. The number of nitrogens with zero attached hydrogens (tertiary/aromatic N) is 3. The SMILES string of the molecule is C[C@H]1Cc2ccccc2N1C(=O)c1ccc(=O)n(CCC(=O)NC2CCCCCCC2)n1. The Morgan fingerprint density at radius 1 is 1.03 bits per heavy atom. The van der Waals surface area contributed by atoms with Crippen molar-refractivity contribution in [2.24, 2.45) is 0 Å². The van der Waals surface area contributed by atoms with E-state index >= 15 is 0 Å². The second-order valence-electron chi connectivity index (χ2n) is 9.00. The Morgan fingerprint density at radius 3 is 2.53 bits per heavy atom. The van der Waals surface area contributed by atoms with Crippen molar-refractivity contribution in [3.05, 3.63) is 58.0 Å². The predicted octanol–water partition coefficient (Wildman–Crippen LogP) is 3.45. The third kappa shape index (κ3) is 5.09. The molecule has 170 valence electrons. The molecule has 7 nitrogen and oxygen atoms in total. The Hall–Kier alpha value is -2.96. The Kier molecular flexibility index (Phi) is 7.02. The normalized spacial score (nSPS) is 19.2. The van der Waals surface area contributed by atoms with Crippen molar-refractivity contribution in [2.45, 2.75) is 83.3 Å². The van der Waals surface area contributed by atoms with E-state index in [1.54, 1.807) is 4.90 Å². The van der Waals surface area contributed by atoms with Crippen LogP contribution in [-0.2, 0) is 17.8 Å². The largest absolute Gasteiger partial charge is 0.353 e. The van der Waals surface area contributed by atoms with Gasteiger partial charge in [0.15, 0.2) is 0 Å². The summed E-state index contributed by atoms with van der Waals surface area (Å²) in [6.07, 6.45) is 9.04. The number of hydrogen-bond donors (Lipinski definition) is 1. The van der Waals surface area contributed by atoms with E-state index < -0.39 is 0 Å². The number of nitrogens with one attached hydrogen (secondary N) is 1. The molecule has 7 heteroatoms. The lowest BCUT2D eigenvalue weighted by Crippen LogP contribution is -2.38. The average Bonchev–Trinajstić information content (AvgIpc) is 3.10. The Balaban J connectivity index is 1.41. The van der Waals surface area contributed by atoms with Crippen molar-refractivity contribution >= 4 is 17.5 Å². The number of carbonyl (C=O) groups excluding carboxylic acids is 2. The molecular weight excluding hydrogens is 404 g/mol. The van der Waals surface area contributed by atoms with Crippen molar-refractivity contribution in [1.82, 2.24) is 15.1 Å². The molecular formula is C25H32N4O3. The van der Waals surface area contributed by atoms with Crippen molar-refractivity contribution in [3.63, 3.8) is 0 Å². The highest BCUT2D eigenvalue weighted by molar-refractivity contribution is 6.06. The van der Waals surface area contributed by atoms with Crippen LogP contribution in [0.15, 0.2) is 41.2 Å². The van der Waals surface area contributed by atoms with E-state index in [-0.39, 0.29) is 48.1 Å². The zero-order valence-corrected chi connectivity index (χ0v) is 18.8. The first-order valence-corrected chi connectivity index (χ1v) is 11.8. The minimum absolute atomic E-state index is 0.0247. The van der Waals surface area contributed by atoms with Gasteiger partial charge in [0, 0.05) is 30.3 Å². The van der Waals surface area contributed by atoms with Crippen LogP contribution in [0.3, 0.4) is 0 Å². The van der Waals surface area contributed by atoms with E-state index in [1.807, 2.05) is 31.2 Å². The summed E-state index contributed by atoms with van der Waals surface area (Å²) in [5, 5.41) is 7.42. The molecule has 1 aromatic carbocycles. The van der Waals surface area contributed by atoms with E-state index in [4.69, 9.17) is 0 Å². The first-order chi connectivity index (χ1) is 15.5. The van der Waals surface area contributed by atoms with Gasteiger partial charge >= 0.3 is 0 Å². The van der Waals surface area contributed by atoms with E-state index in [0.29, 0.717) is 0 Å². The van der Waals surface area contributed by atoms with Gasteiger partial charge in [0.1, 0.15) is 5.69 Å². The van der Waals surface area contributed by atoms with Crippen LogP contribution in [0.2, 0.25) is 0 Å². The molecule has 2 aromatic rings. The van der Waals surface area contributed by atoms with Crippen LogP contribution < -0.4 is 15.8 Å². The fraction of sp³-hybridized carbons (Fsp3) is 0.520. The monoisotopic (exact) mass is 436 g/mol. The van der Waals surface area contributed by atoms with Crippen molar-refractivity contribution < 1.29 is 9.59 Å². The van der Waals surface area contributed by atoms with Gasteiger partial charge in [0.2, 0.25) is 5.91 Å². The minimum Gasteiger partial charge on any atom is -0.353 e. The molecule has 0 spiro atoms. The molecule has 1 aromatic heterocycles. The molecule has 2 heterocycles. The molecule has 1 aliphatic heterocycles. The fourth-order valence-electron chi connectivity index (χ4n) is 4.83. The first kappa shape index (κ1) is 22.2. The van der Waals surface area contributed by atoms with Crippen LogP contribution >= 0.6 is 0 Å². The number of para-hydroxylation sites is 1. The highest BCUT2D eigenvalue weighted by atomic mass is 16.2. The standard InChI is InChI=1S/C25H32N4O3/c1-18-17-19-9-7-8-12-22(19)29(18)25(32)21-13-14-24(31)28(27-21)16-15-23(30)26-20-10-5-3-2-4-6-11-20/h7-9,12-14,18,20H,2-6,10-11,15-17H2,1H3,(H,26,30)/t18-/m0/s1. The lowest BCUT2D eigenvalue weighted by atomic mass is 9.96. The lowest BCUT2D eigenvalue weighted by molar-refractivity contribution is -0.122. The third-order valence-electron chi connectivity index (χ3n) is 6.53. The van der Waals surface area contributed by atoms with Crippen molar-refractivity contribution in [3.8, 4) is 0 Å². The second kappa shape index (κ2) is 10.1. The summed E-state index contributed by atoms with van der Waals surface area (Å²) in [5.74, 6) is -0.293. The second-order valence-corrected chi connectivity index (χ2v) is 9.00. The molecule has 1 aliphatic carbocycles. The first-order valence-electron chi connectivity index (χ1n) is 11.8. The Morgan fingerprint density at radius 2 is 1.75 bits per heavy atom. The van der Waals surface area contributed by atoms with E-state index in [9.17, 15) is 14.4 Å². The molecule has 0 radical (unpaired) electrons. The van der Waals surface area contributed by atoms with Crippen molar-refractivity contribution in [1.29, 1.82) is 0 Å². The molecule has 1 atom stereocenters. The van der Waals surface area contributed by atoms with Crippen LogP contribution in [0.5, 0.6) is 0 Å². The summed E-state index contributed by atoms with van der Waals surface area (Å²) in [5.41, 5.74) is 1.93. The fourth-order valence-corrected chi connectivity index (χ4v) is 4.83. The molecule has 0 bridgehead atoms. The minimum atomic E-state index is -0.310. The Labute approximate surface area is 188 Å². The number of anilines is 1. The molecule has 2 amide bonds. The molecule has 2 aliphatic rings. The number of amides is 2. The van der Waals surface area contributed by atoms with Gasteiger partial charge in [-0.1, -0.05) is 50.3 Å². The van der Waals surface area contributed by atoms with Gasteiger partial charge in [-0.15, -0.1) is 0 Å². The molecule has 0 saturated heterocycles. The van der Waals surface area contributed by atoms with Gasteiger partial charge in [-0.2, -0.15) is 5.10 Å². The van der Waals surface area contributed by atoms with Crippen LogP contribution in [-0.4, -0.2) is 33.7 Å². The summed E-state index contributed by atoms with van der Waals surface area (Å²) < 4.78 is 1.23. The van der Waals surface area contributed by atoms with Crippen LogP contribution in [0, 0.1) is 0 Å². The van der Waals surface area contributed by atoms with Gasteiger partial charge in [0.05, 0.1) is 6.54 Å². The predicted molar refractivity (Wildman–Crippen MR) is 124 cm³/mol. The number of aromatic nitrogens is 2. The highest BCUT2D eigenvalue weighted by Gasteiger charge is 2.32. The molecule has 0 unspecified atom stereocenters. The number of rotatable bonds is 5. The van der Waals surface area contributed by atoms with Crippen LogP contribution in [0.25, 0.3) is 0 Å². The topological polar surface area (TPSA) is 84.3 Å². The Bertz CT molecular complexity index is 1020. The summed E-state index contributed by atoms with van der Waals surface area (Å²) in [4.78, 5) is 39.7. The summed E-state index contributed by atoms with van der Waals surface area (Å²) in [7, 11) is 0.